The Balaban J connectivity index is 3.32. The van der Waals surface area contributed by atoms with E-state index in [1.165, 1.54) is 109 Å². The summed E-state index contributed by atoms with van der Waals surface area (Å²) in [5, 5.41) is 8.87. The Labute approximate surface area is 183 Å². The van der Waals surface area contributed by atoms with Gasteiger partial charge in [0.1, 0.15) is 0 Å². The molecule has 0 aromatic rings. The first kappa shape index (κ1) is 28.5. The molecule has 2 heteroatoms. The van der Waals surface area contributed by atoms with Crippen LogP contribution in [-0.2, 0) is 4.79 Å². The van der Waals surface area contributed by atoms with E-state index < -0.39 is 5.97 Å². The minimum absolute atomic E-state index is 0.171. The van der Waals surface area contributed by atoms with E-state index in [-0.39, 0.29) is 5.92 Å². The smallest absolute Gasteiger partial charge is 0.306 e. The summed E-state index contributed by atoms with van der Waals surface area (Å²) in [6.45, 7) is 9.01. The highest BCUT2D eigenvalue weighted by Crippen LogP contribution is 2.21. The quantitative estimate of drug-likeness (QED) is 0.180. The van der Waals surface area contributed by atoms with E-state index in [2.05, 4.69) is 20.8 Å². The summed E-state index contributed by atoms with van der Waals surface area (Å²) in [4.78, 5) is 10.8. The van der Waals surface area contributed by atoms with Gasteiger partial charge in [0.2, 0.25) is 0 Å². The van der Waals surface area contributed by atoms with Gasteiger partial charge < -0.3 is 5.11 Å². The van der Waals surface area contributed by atoms with Gasteiger partial charge in [0.25, 0.3) is 0 Å². The monoisotopic (exact) mass is 410 g/mol. The van der Waals surface area contributed by atoms with Crippen molar-refractivity contribution < 1.29 is 9.90 Å². The van der Waals surface area contributed by atoms with Crippen LogP contribution in [0.1, 0.15) is 150 Å². The molecule has 0 saturated carbocycles. The number of hydrogen-bond donors (Lipinski definition) is 1. The van der Waals surface area contributed by atoms with E-state index in [0.717, 1.165) is 24.7 Å². The Bertz CT molecular complexity index is 352. The number of carbonyl (C=O) groups is 1. The van der Waals surface area contributed by atoms with Crippen molar-refractivity contribution in [2.45, 2.75) is 150 Å². The van der Waals surface area contributed by atoms with Crippen molar-refractivity contribution in [3.63, 3.8) is 0 Å². The molecule has 0 aliphatic rings. The third-order valence-corrected chi connectivity index (χ3v) is 6.70. The molecule has 0 bridgehead atoms. The first-order chi connectivity index (χ1) is 14.0. The van der Waals surface area contributed by atoms with E-state index in [1.54, 1.807) is 0 Å². The number of carboxylic acid groups (broad SMARTS) is 1. The van der Waals surface area contributed by atoms with Crippen molar-refractivity contribution in [3.8, 4) is 0 Å². The summed E-state index contributed by atoms with van der Waals surface area (Å²) in [7, 11) is 0. The molecule has 3 unspecified atom stereocenters. The lowest BCUT2D eigenvalue weighted by Gasteiger charge is -2.13. The number of hydrogen-bond acceptors (Lipinski definition) is 1. The van der Waals surface area contributed by atoms with Crippen molar-refractivity contribution in [2.75, 3.05) is 0 Å². The molecule has 174 valence electrons. The second kappa shape index (κ2) is 20.7. The number of carboxylic acids is 1. The van der Waals surface area contributed by atoms with Crippen LogP contribution in [0.25, 0.3) is 0 Å². The zero-order chi connectivity index (χ0) is 21.7. The molecular weight excluding hydrogens is 356 g/mol. The first-order valence-electron chi connectivity index (χ1n) is 13.2. The van der Waals surface area contributed by atoms with Gasteiger partial charge in [-0.25, -0.2) is 0 Å². The molecule has 0 aromatic carbocycles. The van der Waals surface area contributed by atoms with Crippen molar-refractivity contribution in [1.82, 2.24) is 0 Å². The molecule has 0 amide bonds. The van der Waals surface area contributed by atoms with Crippen LogP contribution in [0.3, 0.4) is 0 Å². The first-order valence-corrected chi connectivity index (χ1v) is 13.2. The predicted molar refractivity (Wildman–Crippen MR) is 129 cm³/mol. The van der Waals surface area contributed by atoms with Crippen LogP contribution in [0.15, 0.2) is 0 Å². The Morgan fingerprint density at radius 2 is 0.862 bits per heavy atom. The van der Waals surface area contributed by atoms with Gasteiger partial charge in [0.05, 0.1) is 5.92 Å². The highest BCUT2D eigenvalue weighted by Gasteiger charge is 2.09. The third kappa shape index (κ3) is 20.5. The van der Waals surface area contributed by atoms with Gasteiger partial charge in [0.15, 0.2) is 0 Å². The van der Waals surface area contributed by atoms with E-state index in [0.29, 0.717) is 0 Å². The summed E-state index contributed by atoms with van der Waals surface area (Å²) in [6.07, 6.45) is 25.5. The molecule has 0 aliphatic heterocycles. The maximum atomic E-state index is 10.8. The molecule has 1 N–H and O–H groups in total. The largest absolute Gasteiger partial charge is 0.481 e. The van der Waals surface area contributed by atoms with Crippen molar-refractivity contribution >= 4 is 5.97 Å². The summed E-state index contributed by atoms with van der Waals surface area (Å²) >= 11 is 0. The number of aliphatic carboxylic acids is 1. The fraction of sp³-hybridized carbons (Fsp3) is 0.963. The molecular formula is C27H54O2. The third-order valence-electron chi connectivity index (χ3n) is 6.70. The van der Waals surface area contributed by atoms with Gasteiger partial charge in [-0.05, 0) is 18.3 Å². The normalized spacial score (nSPS) is 14.6. The van der Waals surface area contributed by atoms with E-state index >= 15 is 0 Å². The van der Waals surface area contributed by atoms with Crippen LogP contribution >= 0.6 is 0 Å². The van der Waals surface area contributed by atoms with E-state index in [4.69, 9.17) is 5.11 Å². The average molecular weight is 411 g/mol. The number of unbranched alkanes of at least 4 members (excludes halogenated alkanes) is 11. The Morgan fingerprint density at radius 3 is 1.24 bits per heavy atom. The lowest BCUT2D eigenvalue weighted by molar-refractivity contribution is -0.141. The standard InChI is InChI=1S/C27H54O2/c1-5-6-7-14-19-24(2)21-16-13-17-22-25(3)20-15-11-9-8-10-12-18-23-26(4)27(28)29/h24-26H,5-23H2,1-4H3,(H,28,29). The van der Waals surface area contributed by atoms with Crippen LogP contribution in [0.2, 0.25) is 0 Å². The summed E-state index contributed by atoms with van der Waals surface area (Å²) in [6, 6.07) is 0. The van der Waals surface area contributed by atoms with Gasteiger partial charge in [0, 0.05) is 0 Å². The minimum atomic E-state index is -0.647. The molecule has 0 radical (unpaired) electrons. The van der Waals surface area contributed by atoms with Crippen molar-refractivity contribution in [3.05, 3.63) is 0 Å². The summed E-state index contributed by atoms with van der Waals surface area (Å²) < 4.78 is 0. The highest BCUT2D eigenvalue weighted by molar-refractivity contribution is 5.69. The highest BCUT2D eigenvalue weighted by atomic mass is 16.4. The molecule has 0 heterocycles. The van der Waals surface area contributed by atoms with Crippen molar-refractivity contribution in [2.24, 2.45) is 17.8 Å². The van der Waals surface area contributed by atoms with Crippen LogP contribution in [0.5, 0.6) is 0 Å². The molecule has 0 aromatic heterocycles. The van der Waals surface area contributed by atoms with E-state index in [9.17, 15) is 4.79 Å². The van der Waals surface area contributed by atoms with Gasteiger partial charge in [-0.1, -0.05) is 143 Å². The second-order valence-electron chi connectivity index (χ2n) is 9.99. The number of rotatable bonds is 22. The Hall–Kier alpha value is -0.530. The van der Waals surface area contributed by atoms with Gasteiger partial charge in [-0.3, -0.25) is 4.79 Å². The molecule has 0 rings (SSSR count). The predicted octanol–water partition coefficient (Wildman–Crippen LogP) is 9.41. The maximum Gasteiger partial charge on any atom is 0.306 e. The minimum Gasteiger partial charge on any atom is -0.481 e. The SMILES string of the molecule is CCCCCCC(C)CCCCCC(C)CCCCCCCCCC(C)C(=O)O. The van der Waals surface area contributed by atoms with Gasteiger partial charge in [-0.2, -0.15) is 0 Å². The Kier molecular flexibility index (Phi) is 20.4. The fourth-order valence-corrected chi connectivity index (χ4v) is 4.32. The zero-order valence-corrected chi connectivity index (χ0v) is 20.5. The zero-order valence-electron chi connectivity index (χ0n) is 20.5. The Morgan fingerprint density at radius 1 is 0.552 bits per heavy atom. The molecule has 0 aliphatic carbocycles. The average Bonchev–Trinajstić information content (AvgIpc) is 2.69. The summed E-state index contributed by atoms with van der Waals surface area (Å²) in [5.41, 5.74) is 0. The topological polar surface area (TPSA) is 37.3 Å². The lowest BCUT2D eigenvalue weighted by atomic mass is 9.93. The molecule has 29 heavy (non-hydrogen) atoms. The van der Waals surface area contributed by atoms with Crippen LogP contribution in [-0.4, -0.2) is 11.1 Å². The van der Waals surface area contributed by atoms with Crippen molar-refractivity contribution in [1.29, 1.82) is 0 Å². The van der Waals surface area contributed by atoms with Crippen LogP contribution in [0, 0.1) is 17.8 Å². The summed E-state index contributed by atoms with van der Waals surface area (Å²) in [5.74, 6) is 1.02. The molecule has 2 nitrogen and oxygen atoms in total. The van der Waals surface area contributed by atoms with Crippen LogP contribution in [0.4, 0.5) is 0 Å². The molecule has 0 spiro atoms. The van der Waals surface area contributed by atoms with Crippen LogP contribution < -0.4 is 0 Å². The lowest BCUT2D eigenvalue weighted by Crippen LogP contribution is -2.08. The molecule has 0 fully saturated rings. The molecule has 3 atom stereocenters. The van der Waals surface area contributed by atoms with E-state index in [1.807, 2.05) is 6.92 Å². The van der Waals surface area contributed by atoms with Gasteiger partial charge in [-0.15, -0.1) is 0 Å². The maximum absolute atomic E-state index is 10.8. The molecule has 0 saturated heterocycles. The second-order valence-corrected chi connectivity index (χ2v) is 9.99. The fourth-order valence-electron chi connectivity index (χ4n) is 4.32. The van der Waals surface area contributed by atoms with Gasteiger partial charge >= 0.3 is 5.97 Å².